The molecule has 2 rings (SSSR count). The van der Waals surface area contributed by atoms with Gasteiger partial charge in [-0.05, 0) is 13.8 Å². The number of hydrogen-bond donors (Lipinski definition) is 0. The van der Waals surface area contributed by atoms with Crippen molar-refractivity contribution in [3.8, 4) is 0 Å². The zero-order chi connectivity index (χ0) is 9.52. The highest BCUT2D eigenvalue weighted by molar-refractivity contribution is 5.47. The minimum atomic E-state index is 0.778. The van der Waals surface area contributed by atoms with Crippen LogP contribution in [0.1, 0.15) is 11.1 Å². The number of rotatable bonds is 0. The van der Waals surface area contributed by atoms with Crippen LogP contribution in [0, 0.1) is 13.8 Å². The third kappa shape index (κ3) is 4.31. The van der Waals surface area contributed by atoms with Gasteiger partial charge in [0.15, 0.2) is 6.40 Å². The van der Waals surface area contributed by atoms with Crippen molar-refractivity contribution in [3.63, 3.8) is 0 Å². The summed E-state index contributed by atoms with van der Waals surface area (Å²) in [6.07, 6.45) is 1.49. The summed E-state index contributed by atoms with van der Waals surface area (Å²) in [5, 5.41) is 0. The highest BCUT2D eigenvalue weighted by Gasteiger charge is 1.84. The Balaban J connectivity index is 0.000000145. The summed E-state index contributed by atoms with van der Waals surface area (Å²) >= 11 is 0. The molecule has 1 aromatic carbocycles. The van der Waals surface area contributed by atoms with E-state index in [1.165, 1.54) is 17.5 Å². The molecule has 0 bridgehead atoms. The second-order valence-corrected chi connectivity index (χ2v) is 3.04. The summed E-state index contributed by atoms with van der Waals surface area (Å²) in [6.45, 7) is 5.83. The SMILES string of the molecule is C1=NCCO1.Cc1cccc(C)c1. The Labute approximate surface area is 79.3 Å². The van der Waals surface area contributed by atoms with Gasteiger partial charge in [0.25, 0.3) is 0 Å². The molecule has 0 atom stereocenters. The van der Waals surface area contributed by atoms with Gasteiger partial charge in [-0.1, -0.05) is 35.4 Å². The van der Waals surface area contributed by atoms with Gasteiger partial charge in [-0.15, -0.1) is 0 Å². The van der Waals surface area contributed by atoms with Crippen LogP contribution in [0.25, 0.3) is 0 Å². The summed E-state index contributed by atoms with van der Waals surface area (Å²) < 4.78 is 4.65. The molecule has 1 heterocycles. The lowest BCUT2D eigenvalue weighted by molar-refractivity contribution is 0.361. The van der Waals surface area contributed by atoms with Crippen molar-refractivity contribution in [1.82, 2.24) is 0 Å². The van der Waals surface area contributed by atoms with E-state index in [-0.39, 0.29) is 0 Å². The molecule has 0 fully saturated rings. The van der Waals surface area contributed by atoms with Crippen LogP contribution in [0.4, 0.5) is 0 Å². The fourth-order valence-electron chi connectivity index (χ4n) is 1.07. The maximum Gasteiger partial charge on any atom is 0.169 e. The minimum Gasteiger partial charge on any atom is -0.482 e. The van der Waals surface area contributed by atoms with Crippen LogP contribution in [-0.2, 0) is 4.74 Å². The van der Waals surface area contributed by atoms with Crippen LogP contribution in [0.2, 0.25) is 0 Å². The van der Waals surface area contributed by atoms with E-state index in [1.54, 1.807) is 0 Å². The quantitative estimate of drug-likeness (QED) is 0.596. The lowest BCUT2D eigenvalue weighted by Gasteiger charge is -1.90. The van der Waals surface area contributed by atoms with Crippen molar-refractivity contribution in [2.75, 3.05) is 13.2 Å². The van der Waals surface area contributed by atoms with Crippen LogP contribution in [0.5, 0.6) is 0 Å². The molecule has 1 aliphatic heterocycles. The van der Waals surface area contributed by atoms with E-state index in [1.807, 2.05) is 0 Å². The van der Waals surface area contributed by atoms with Crippen molar-refractivity contribution < 1.29 is 4.74 Å². The highest BCUT2D eigenvalue weighted by atomic mass is 16.5. The van der Waals surface area contributed by atoms with E-state index >= 15 is 0 Å². The molecule has 0 saturated carbocycles. The summed E-state index contributed by atoms with van der Waals surface area (Å²) in [5.74, 6) is 0. The predicted octanol–water partition coefficient (Wildman–Crippen LogP) is 2.35. The molecular formula is C11H15NO. The standard InChI is InChI=1S/C8H10.C3H5NO/c1-7-4-3-5-8(2)6-7;1-2-5-3-4-1/h3-6H,1-2H3;3H,1-2H2. The monoisotopic (exact) mass is 177 g/mol. The Morgan fingerprint density at radius 2 is 1.92 bits per heavy atom. The summed E-state index contributed by atoms with van der Waals surface area (Å²) in [5.41, 5.74) is 2.68. The van der Waals surface area contributed by atoms with Gasteiger partial charge in [-0.3, -0.25) is 4.99 Å². The van der Waals surface area contributed by atoms with Crippen LogP contribution >= 0.6 is 0 Å². The van der Waals surface area contributed by atoms with Gasteiger partial charge >= 0.3 is 0 Å². The molecule has 1 aromatic rings. The molecule has 13 heavy (non-hydrogen) atoms. The Morgan fingerprint density at radius 1 is 1.23 bits per heavy atom. The van der Waals surface area contributed by atoms with E-state index in [2.05, 4.69) is 47.8 Å². The molecule has 70 valence electrons. The van der Waals surface area contributed by atoms with Crippen LogP contribution < -0.4 is 0 Å². The largest absolute Gasteiger partial charge is 0.482 e. The Bertz CT molecular complexity index is 258. The third-order valence-corrected chi connectivity index (χ3v) is 1.66. The maximum absolute atomic E-state index is 4.65. The molecule has 2 nitrogen and oxygen atoms in total. The van der Waals surface area contributed by atoms with E-state index in [9.17, 15) is 0 Å². The molecule has 0 N–H and O–H groups in total. The van der Waals surface area contributed by atoms with Crippen molar-refractivity contribution in [1.29, 1.82) is 0 Å². The molecule has 0 spiro atoms. The number of ether oxygens (including phenoxy) is 1. The first kappa shape index (κ1) is 9.78. The third-order valence-electron chi connectivity index (χ3n) is 1.66. The van der Waals surface area contributed by atoms with Crippen molar-refractivity contribution >= 4 is 6.40 Å². The van der Waals surface area contributed by atoms with Gasteiger partial charge in [0.1, 0.15) is 6.61 Å². The Kier molecular flexibility index (Phi) is 4.03. The van der Waals surface area contributed by atoms with E-state index in [4.69, 9.17) is 0 Å². The molecule has 2 heteroatoms. The van der Waals surface area contributed by atoms with Crippen molar-refractivity contribution in [2.45, 2.75) is 13.8 Å². The highest BCUT2D eigenvalue weighted by Crippen LogP contribution is 2.00. The topological polar surface area (TPSA) is 21.6 Å². The van der Waals surface area contributed by atoms with Crippen LogP contribution in [-0.4, -0.2) is 19.6 Å². The molecule has 0 radical (unpaired) electrons. The lowest BCUT2D eigenvalue weighted by Crippen LogP contribution is -1.80. The van der Waals surface area contributed by atoms with Crippen LogP contribution in [0.15, 0.2) is 29.3 Å². The molecule has 1 aliphatic rings. The lowest BCUT2D eigenvalue weighted by atomic mass is 10.2. The number of benzene rings is 1. The van der Waals surface area contributed by atoms with Gasteiger partial charge in [0.2, 0.25) is 0 Å². The van der Waals surface area contributed by atoms with Gasteiger partial charge in [-0.25, -0.2) is 0 Å². The van der Waals surface area contributed by atoms with E-state index in [0.29, 0.717) is 0 Å². The average molecular weight is 177 g/mol. The second kappa shape index (κ2) is 5.36. The Hall–Kier alpha value is -1.31. The van der Waals surface area contributed by atoms with Gasteiger partial charge < -0.3 is 4.74 Å². The Morgan fingerprint density at radius 3 is 2.15 bits per heavy atom. The van der Waals surface area contributed by atoms with Gasteiger partial charge in [-0.2, -0.15) is 0 Å². The summed E-state index contributed by atoms with van der Waals surface area (Å²) in [7, 11) is 0. The van der Waals surface area contributed by atoms with Gasteiger partial charge in [0, 0.05) is 0 Å². The molecule has 0 amide bonds. The van der Waals surface area contributed by atoms with Gasteiger partial charge in [0.05, 0.1) is 6.54 Å². The van der Waals surface area contributed by atoms with Crippen LogP contribution in [0.3, 0.4) is 0 Å². The zero-order valence-corrected chi connectivity index (χ0v) is 8.16. The summed E-state index contributed by atoms with van der Waals surface area (Å²) in [6, 6.07) is 8.45. The average Bonchev–Trinajstić information content (AvgIpc) is 2.59. The van der Waals surface area contributed by atoms with E-state index < -0.39 is 0 Å². The van der Waals surface area contributed by atoms with Crippen molar-refractivity contribution in [3.05, 3.63) is 35.4 Å². The maximum atomic E-state index is 4.65. The predicted molar refractivity (Wildman–Crippen MR) is 55.2 cm³/mol. The first-order chi connectivity index (χ1) is 6.29. The molecule has 0 aromatic heterocycles. The number of aliphatic imine (C=N–C) groups is 1. The first-order valence-electron chi connectivity index (χ1n) is 4.42. The molecule has 0 aliphatic carbocycles. The number of hydrogen-bond acceptors (Lipinski definition) is 2. The summed E-state index contributed by atoms with van der Waals surface area (Å²) in [4.78, 5) is 3.74. The fraction of sp³-hybridized carbons (Fsp3) is 0.364. The normalized spacial score (nSPS) is 13.1. The smallest absolute Gasteiger partial charge is 0.169 e. The molecule has 0 unspecified atom stereocenters. The number of nitrogens with zero attached hydrogens (tertiary/aromatic N) is 1. The fourth-order valence-corrected chi connectivity index (χ4v) is 1.07. The minimum absolute atomic E-state index is 0.778. The van der Waals surface area contributed by atoms with Crippen molar-refractivity contribution in [2.24, 2.45) is 4.99 Å². The molecule has 0 saturated heterocycles. The molecular weight excluding hydrogens is 162 g/mol. The van der Waals surface area contributed by atoms with E-state index in [0.717, 1.165) is 13.2 Å². The zero-order valence-electron chi connectivity index (χ0n) is 8.16. The first-order valence-corrected chi connectivity index (χ1v) is 4.42. The number of aryl methyl sites for hydroxylation is 2. The second-order valence-electron chi connectivity index (χ2n) is 3.04.